The monoisotopic (exact) mass is 409 g/mol. The van der Waals surface area contributed by atoms with Gasteiger partial charge in [-0.05, 0) is 66.8 Å². The molecule has 1 aliphatic heterocycles. The van der Waals surface area contributed by atoms with E-state index in [1.807, 2.05) is 4.90 Å². The molecule has 2 aliphatic rings. The van der Waals surface area contributed by atoms with Crippen LogP contribution in [0.25, 0.3) is 0 Å². The normalized spacial score (nSPS) is 20.5. The zero-order valence-corrected chi connectivity index (χ0v) is 17.1. The molecule has 2 aromatic carbocycles. The van der Waals surface area contributed by atoms with Crippen LogP contribution in [-0.2, 0) is 11.2 Å². The fourth-order valence-electron chi connectivity index (χ4n) is 4.63. The Balaban J connectivity index is 1.25. The molecule has 30 heavy (non-hydrogen) atoms. The lowest BCUT2D eigenvalue weighted by Gasteiger charge is -2.33. The van der Waals surface area contributed by atoms with Gasteiger partial charge >= 0.3 is 6.03 Å². The SMILES string of the molecule is O=C(NCC1CCCN(C(=O)CC2CCc3ccccc32)C1)Nc1cccc(F)c1. The number of carbonyl (C=O) groups is 2. The van der Waals surface area contributed by atoms with Gasteiger partial charge in [-0.15, -0.1) is 0 Å². The molecular formula is C24H28FN3O2. The molecular weight excluding hydrogens is 381 g/mol. The molecule has 6 heteroatoms. The number of hydrogen-bond acceptors (Lipinski definition) is 2. The predicted octanol–water partition coefficient (Wildman–Crippen LogP) is 4.31. The highest BCUT2D eigenvalue weighted by atomic mass is 19.1. The van der Waals surface area contributed by atoms with E-state index >= 15 is 0 Å². The van der Waals surface area contributed by atoms with Crippen molar-refractivity contribution >= 4 is 17.6 Å². The third-order valence-electron chi connectivity index (χ3n) is 6.18. The maximum Gasteiger partial charge on any atom is 0.319 e. The Bertz CT molecular complexity index is 917. The Hall–Kier alpha value is -2.89. The van der Waals surface area contributed by atoms with Crippen molar-refractivity contribution in [3.05, 3.63) is 65.5 Å². The third-order valence-corrected chi connectivity index (χ3v) is 6.18. The van der Waals surface area contributed by atoms with E-state index in [4.69, 9.17) is 0 Å². The largest absolute Gasteiger partial charge is 0.342 e. The van der Waals surface area contributed by atoms with Crippen molar-refractivity contribution in [2.24, 2.45) is 5.92 Å². The van der Waals surface area contributed by atoms with Gasteiger partial charge in [-0.3, -0.25) is 4.79 Å². The van der Waals surface area contributed by atoms with E-state index in [2.05, 4.69) is 34.9 Å². The molecule has 0 radical (unpaired) electrons. The summed E-state index contributed by atoms with van der Waals surface area (Å²) < 4.78 is 13.2. The summed E-state index contributed by atoms with van der Waals surface area (Å²) >= 11 is 0. The number of carbonyl (C=O) groups excluding carboxylic acids is 2. The van der Waals surface area contributed by atoms with E-state index in [1.165, 1.54) is 23.3 Å². The summed E-state index contributed by atoms with van der Waals surface area (Å²) in [6, 6.07) is 13.9. The van der Waals surface area contributed by atoms with Gasteiger partial charge in [-0.2, -0.15) is 0 Å². The maximum atomic E-state index is 13.2. The molecule has 1 heterocycles. The molecule has 1 aliphatic carbocycles. The number of likely N-dealkylation sites (tertiary alicyclic amines) is 1. The minimum Gasteiger partial charge on any atom is -0.342 e. The van der Waals surface area contributed by atoms with Crippen LogP contribution in [0.4, 0.5) is 14.9 Å². The smallest absolute Gasteiger partial charge is 0.319 e. The minimum absolute atomic E-state index is 0.214. The molecule has 2 aromatic rings. The first-order chi connectivity index (χ1) is 14.6. The Morgan fingerprint density at radius 3 is 2.83 bits per heavy atom. The average Bonchev–Trinajstić information content (AvgIpc) is 3.15. The number of urea groups is 1. The molecule has 5 nitrogen and oxygen atoms in total. The summed E-state index contributed by atoms with van der Waals surface area (Å²) in [4.78, 5) is 27.0. The van der Waals surface area contributed by atoms with Gasteiger partial charge in [0.25, 0.3) is 0 Å². The molecule has 2 N–H and O–H groups in total. The number of rotatable bonds is 5. The molecule has 0 bridgehead atoms. The first kappa shape index (κ1) is 20.4. The van der Waals surface area contributed by atoms with E-state index in [0.717, 1.165) is 32.2 Å². The van der Waals surface area contributed by atoms with Crippen molar-refractivity contribution in [1.82, 2.24) is 10.2 Å². The van der Waals surface area contributed by atoms with Crippen LogP contribution in [0.15, 0.2) is 48.5 Å². The molecule has 0 spiro atoms. The number of halogens is 1. The number of fused-ring (bicyclic) bond motifs is 1. The lowest BCUT2D eigenvalue weighted by Crippen LogP contribution is -2.44. The number of amides is 3. The van der Waals surface area contributed by atoms with Crippen molar-refractivity contribution < 1.29 is 14.0 Å². The summed E-state index contributed by atoms with van der Waals surface area (Å²) in [5.41, 5.74) is 3.13. The number of nitrogens with zero attached hydrogens (tertiary/aromatic N) is 1. The molecule has 158 valence electrons. The lowest BCUT2D eigenvalue weighted by atomic mass is 9.94. The lowest BCUT2D eigenvalue weighted by molar-refractivity contribution is -0.133. The molecule has 3 amide bonds. The minimum atomic E-state index is -0.390. The number of aryl methyl sites for hydroxylation is 1. The van der Waals surface area contributed by atoms with Gasteiger partial charge in [0.1, 0.15) is 5.82 Å². The summed E-state index contributed by atoms with van der Waals surface area (Å²) in [5.74, 6) is 0.380. The Morgan fingerprint density at radius 2 is 1.97 bits per heavy atom. The molecule has 2 unspecified atom stereocenters. The molecule has 4 rings (SSSR count). The van der Waals surface area contributed by atoms with E-state index in [0.29, 0.717) is 31.1 Å². The molecule has 0 saturated carbocycles. The third kappa shape index (κ3) is 4.99. The Kier molecular flexibility index (Phi) is 6.31. The zero-order valence-electron chi connectivity index (χ0n) is 17.1. The summed E-state index contributed by atoms with van der Waals surface area (Å²) in [7, 11) is 0. The van der Waals surface area contributed by atoms with Gasteiger partial charge in [-0.1, -0.05) is 30.3 Å². The fourth-order valence-corrected chi connectivity index (χ4v) is 4.63. The molecule has 1 saturated heterocycles. The van der Waals surface area contributed by atoms with Gasteiger partial charge in [0.15, 0.2) is 0 Å². The van der Waals surface area contributed by atoms with Crippen LogP contribution in [0.5, 0.6) is 0 Å². The van der Waals surface area contributed by atoms with Gasteiger partial charge in [-0.25, -0.2) is 9.18 Å². The number of nitrogens with one attached hydrogen (secondary N) is 2. The van der Waals surface area contributed by atoms with Gasteiger partial charge in [0, 0.05) is 31.7 Å². The van der Waals surface area contributed by atoms with Crippen LogP contribution in [0.2, 0.25) is 0 Å². The van der Waals surface area contributed by atoms with Crippen molar-refractivity contribution in [2.75, 3.05) is 25.0 Å². The first-order valence-electron chi connectivity index (χ1n) is 10.7. The number of anilines is 1. The summed E-state index contributed by atoms with van der Waals surface area (Å²) in [6.45, 7) is 1.96. The standard InChI is InChI=1S/C24H28FN3O2/c25-20-7-3-8-21(14-20)27-24(30)26-15-17-5-4-12-28(16-17)23(29)13-19-11-10-18-6-1-2-9-22(18)19/h1-3,6-9,14,17,19H,4-5,10-13,15-16H2,(H2,26,27,30). The van der Waals surface area contributed by atoms with Crippen molar-refractivity contribution in [2.45, 2.75) is 38.0 Å². The topological polar surface area (TPSA) is 61.4 Å². The second-order valence-corrected chi connectivity index (χ2v) is 8.33. The number of hydrogen-bond donors (Lipinski definition) is 2. The van der Waals surface area contributed by atoms with Crippen LogP contribution in [0, 0.1) is 11.7 Å². The molecule has 1 fully saturated rings. The van der Waals surface area contributed by atoms with E-state index < -0.39 is 0 Å². The van der Waals surface area contributed by atoms with E-state index in [9.17, 15) is 14.0 Å². The quantitative estimate of drug-likeness (QED) is 0.773. The highest BCUT2D eigenvalue weighted by molar-refractivity contribution is 5.89. The van der Waals surface area contributed by atoms with Crippen LogP contribution in [0.3, 0.4) is 0 Å². The maximum absolute atomic E-state index is 13.2. The zero-order chi connectivity index (χ0) is 20.9. The van der Waals surface area contributed by atoms with Gasteiger partial charge in [0.05, 0.1) is 0 Å². The molecule has 2 atom stereocenters. The first-order valence-corrected chi connectivity index (χ1v) is 10.7. The Morgan fingerprint density at radius 1 is 1.10 bits per heavy atom. The van der Waals surface area contributed by atoms with Gasteiger partial charge < -0.3 is 15.5 Å². The summed E-state index contributed by atoms with van der Waals surface area (Å²) in [6.07, 6.45) is 4.60. The van der Waals surface area contributed by atoms with Crippen molar-refractivity contribution in [1.29, 1.82) is 0 Å². The average molecular weight is 410 g/mol. The second kappa shape index (κ2) is 9.28. The van der Waals surface area contributed by atoms with Crippen LogP contribution >= 0.6 is 0 Å². The van der Waals surface area contributed by atoms with Crippen LogP contribution in [-0.4, -0.2) is 36.5 Å². The van der Waals surface area contributed by atoms with Crippen molar-refractivity contribution in [3.63, 3.8) is 0 Å². The second-order valence-electron chi connectivity index (χ2n) is 8.33. The van der Waals surface area contributed by atoms with Crippen LogP contribution in [0.1, 0.15) is 42.7 Å². The van der Waals surface area contributed by atoms with E-state index in [-0.39, 0.29) is 23.7 Å². The Labute approximate surface area is 176 Å². The highest BCUT2D eigenvalue weighted by Crippen LogP contribution is 2.35. The van der Waals surface area contributed by atoms with Crippen LogP contribution < -0.4 is 10.6 Å². The predicted molar refractivity (Wildman–Crippen MR) is 115 cm³/mol. The number of benzene rings is 2. The summed E-state index contributed by atoms with van der Waals surface area (Å²) in [5, 5.41) is 5.50. The number of piperidine rings is 1. The van der Waals surface area contributed by atoms with Crippen molar-refractivity contribution in [3.8, 4) is 0 Å². The fraction of sp³-hybridized carbons (Fsp3) is 0.417. The van der Waals surface area contributed by atoms with Gasteiger partial charge in [0.2, 0.25) is 5.91 Å². The highest BCUT2D eigenvalue weighted by Gasteiger charge is 2.29. The van der Waals surface area contributed by atoms with E-state index in [1.54, 1.807) is 12.1 Å². The molecule has 0 aromatic heterocycles.